The van der Waals surface area contributed by atoms with E-state index in [0.29, 0.717) is 10.2 Å². The molecule has 7 heteroatoms. The summed E-state index contributed by atoms with van der Waals surface area (Å²) in [7, 11) is -3.77. The van der Waals surface area contributed by atoms with Crippen molar-refractivity contribution in [1.29, 1.82) is 0 Å². The lowest BCUT2D eigenvalue weighted by Crippen LogP contribution is -2.16. The number of rotatable bonds is 3. The van der Waals surface area contributed by atoms with Crippen molar-refractivity contribution in [2.45, 2.75) is 18.7 Å². The first-order valence-electron chi connectivity index (χ1n) is 5.81. The average Bonchev–Trinajstić information content (AvgIpc) is 2.35. The lowest BCUT2D eigenvalue weighted by molar-refractivity contribution is 0.601. The van der Waals surface area contributed by atoms with E-state index >= 15 is 0 Å². The topological polar surface area (TPSA) is 85.1 Å². The van der Waals surface area contributed by atoms with Crippen molar-refractivity contribution in [3.05, 3.63) is 46.1 Å². The number of aryl methyl sites for hydroxylation is 2. The molecule has 0 amide bonds. The minimum Gasteiger partial charge on any atom is -0.383 e. The summed E-state index contributed by atoms with van der Waals surface area (Å²) >= 11 is 3.19. The van der Waals surface area contributed by atoms with Crippen LogP contribution < -0.4 is 10.5 Å². The zero-order valence-corrected chi connectivity index (χ0v) is 13.4. The fourth-order valence-electron chi connectivity index (χ4n) is 1.77. The number of aromatic nitrogens is 1. The van der Waals surface area contributed by atoms with Gasteiger partial charge < -0.3 is 5.73 Å². The van der Waals surface area contributed by atoms with Crippen LogP contribution in [-0.4, -0.2) is 13.4 Å². The van der Waals surface area contributed by atoms with Crippen LogP contribution >= 0.6 is 15.9 Å². The molecule has 1 heterocycles. The van der Waals surface area contributed by atoms with Gasteiger partial charge in [0.05, 0.1) is 5.69 Å². The standard InChI is InChI=1S/C13H14BrN3O2S/c1-8-3-4-11(9(2)5-8)17-20(18,19)12-6-10(14)7-16-13(12)15/h3-7,17H,1-2H3,(H2,15,16). The summed E-state index contributed by atoms with van der Waals surface area (Å²) in [6.45, 7) is 3.79. The number of pyridine rings is 1. The van der Waals surface area contributed by atoms with Crippen LogP contribution in [-0.2, 0) is 10.0 Å². The fourth-order valence-corrected chi connectivity index (χ4v) is 3.50. The Hall–Kier alpha value is -1.60. The molecule has 0 spiro atoms. The molecule has 0 aliphatic rings. The van der Waals surface area contributed by atoms with Crippen LogP contribution in [0.25, 0.3) is 0 Å². The number of hydrogen-bond donors (Lipinski definition) is 2. The predicted molar refractivity (Wildman–Crippen MR) is 83.1 cm³/mol. The summed E-state index contributed by atoms with van der Waals surface area (Å²) in [5.41, 5.74) is 8.07. The van der Waals surface area contributed by atoms with E-state index < -0.39 is 10.0 Å². The van der Waals surface area contributed by atoms with Crippen LogP contribution in [0.2, 0.25) is 0 Å². The zero-order chi connectivity index (χ0) is 14.9. The van der Waals surface area contributed by atoms with Crippen LogP contribution in [0.3, 0.4) is 0 Å². The molecule has 1 aromatic heterocycles. The Morgan fingerprint density at radius 3 is 2.60 bits per heavy atom. The van der Waals surface area contributed by atoms with Gasteiger partial charge in [0.25, 0.3) is 10.0 Å². The number of nitrogens with zero attached hydrogens (tertiary/aromatic N) is 1. The third-order valence-corrected chi connectivity index (χ3v) is 4.59. The molecule has 0 unspecified atom stereocenters. The van der Waals surface area contributed by atoms with Crippen molar-refractivity contribution in [3.8, 4) is 0 Å². The molecule has 0 aliphatic heterocycles. The first-order valence-corrected chi connectivity index (χ1v) is 8.08. The molecule has 20 heavy (non-hydrogen) atoms. The van der Waals surface area contributed by atoms with E-state index in [1.54, 1.807) is 6.07 Å². The summed E-state index contributed by atoms with van der Waals surface area (Å²) < 4.78 is 27.8. The van der Waals surface area contributed by atoms with Crippen LogP contribution in [0.5, 0.6) is 0 Å². The lowest BCUT2D eigenvalue weighted by Gasteiger charge is -2.12. The molecule has 0 fully saturated rings. The Bertz CT molecular complexity index is 760. The van der Waals surface area contributed by atoms with Gasteiger partial charge in [-0.2, -0.15) is 0 Å². The molecule has 2 aromatic rings. The van der Waals surface area contributed by atoms with Crippen molar-refractivity contribution >= 4 is 37.5 Å². The van der Waals surface area contributed by atoms with E-state index in [1.807, 2.05) is 26.0 Å². The molecule has 3 N–H and O–H groups in total. The molecule has 0 bridgehead atoms. The van der Waals surface area contributed by atoms with E-state index in [1.165, 1.54) is 12.3 Å². The monoisotopic (exact) mass is 355 g/mol. The van der Waals surface area contributed by atoms with Crippen molar-refractivity contribution in [3.63, 3.8) is 0 Å². The highest BCUT2D eigenvalue weighted by molar-refractivity contribution is 9.10. The Morgan fingerprint density at radius 1 is 1.25 bits per heavy atom. The summed E-state index contributed by atoms with van der Waals surface area (Å²) in [4.78, 5) is 3.79. The quantitative estimate of drug-likeness (QED) is 0.886. The predicted octanol–water partition coefficient (Wildman–Crippen LogP) is 2.84. The van der Waals surface area contributed by atoms with Gasteiger partial charge in [0.2, 0.25) is 0 Å². The number of halogens is 1. The number of nitrogen functional groups attached to an aromatic ring is 1. The second kappa shape index (κ2) is 5.41. The van der Waals surface area contributed by atoms with Gasteiger partial charge in [-0.3, -0.25) is 4.72 Å². The van der Waals surface area contributed by atoms with Crippen molar-refractivity contribution in [1.82, 2.24) is 4.98 Å². The van der Waals surface area contributed by atoms with Crippen molar-refractivity contribution < 1.29 is 8.42 Å². The molecule has 0 saturated carbocycles. The molecule has 2 rings (SSSR count). The van der Waals surface area contributed by atoms with E-state index in [9.17, 15) is 8.42 Å². The number of anilines is 2. The molecular formula is C13H14BrN3O2S. The maximum atomic E-state index is 12.4. The number of hydrogen-bond acceptors (Lipinski definition) is 4. The van der Waals surface area contributed by atoms with Gasteiger partial charge in [-0.1, -0.05) is 17.7 Å². The zero-order valence-electron chi connectivity index (χ0n) is 11.0. The molecule has 0 aliphatic carbocycles. The molecule has 106 valence electrons. The number of benzene rings is 1. The lowest BCUT2D eigenvalue weighted by atomic mass is 10.1. The van der Waals surface area contributed by atoms with Crippen LogP contribution in [0.1, 0.15) is 11.1 Å². The highest BCUT2D eigenvalue weighted by Gasteiger charge is 2.19. The van der Waals surface area contributed by atoms with Gasteiger partial charge in [-0.15, -0.1) is 0 Å². The normalized spacial score (nSPS) is 11.3. The summed E-state index contributed by atoms with van der Waals surface area (Å²) in [6.07, 6.45) is 1.45. The average molecular weight is 356 g/mol. The van der Waals surface area contributed by atoms with Gasteiger partial charge in [0.15, 0.2) is 0 Å². The maximum absolute atomic E-state index is 12.4. The largest absolute Gasteiger partial charge is 0.383 e. The second-order valence-corrected chi connectivity index (χ2v) is 7.03. The van der Waals surface area contributed by atoms with Crippen LogP contribution in [0.15, 0.2) is 39.8 Å². The highest BCUT2D eigenvalue weighted by atomic mass is 79.9. The Labute approximate surface area is 126 Å². The molecule has 0 saturated heterocycles. The second-order valence-electron chi connectivity index (χ2n) is 4.46. The molecule has 0 atom stereocenters. The minimum atomic E-state index is -3.77. The van der Waals surface area contributed by atoms with Gasteiger partial charge in [-0.05, 0) is 47.5 Å². The molecule has 1 aromatic carbocycles. The first-order chi connectivity index (χ1) is 9.29. The van der Waals surface area contributed by atoms with Crippen molar-refractivity contribution in [2.24, 2.45) is 0 Å². The smallest absolute Gasteiger partial charge is 0.265 e. The van der Waals surface area contributed by atoms with Gasteiger partial charge in [0, 0.05) is 10.7 Å². The Balaban J connectivity index is 2.43. The van der Waals surface area contributed by atoms with Crippen LogP contribution in [0.4, 0.5) is 11.5 Å². The Morgan fingerprint density at radius 2 is 1.95 bits per heavy atom. The maximum Gasteiger partial charge on any atom is 0.265 e. The third-order valence-electron chi connectivity index (χ3n) is 2.76. The van der Waals surface area contributed by atoms with Crippen LogP contribution in [0, 0.1) is 13.8 Å². The summed E-state index contributed by atoms with van der Waals surface area (Å²) in [5, 5.41) is 0. The Kier molecular flexibility index (Phi) is 4.01. The highest BCUT2D eigenvalue weighted by Crippen LogP contribution is 2.25. The number of nitrogens with one attached hydrogen (secondary N) is 1. The van der Waals surface area contributed by atoms with Crippen molar-refractivity contribution in [2.75, 3.05) is 10.5 Å². The fraction of sp³-hybridized carbons (Fsp3) is 0.154. The molecule has 5 nitrogen and oxygen atoms in total. The van der Waals surface area contributed by atoms with E-state index in [0.717, 1.165) is 11.1 Å². The van der Waals surface area contributed by atoms with Gasteiger partial charge >= 0.3 is 0 Å². The van der Waals surface area contributed by atoms with E-state index in [2.05, 4.69) is 25.6 Å². The SMILES string of the molecule is Cc1ccc(NS(=O)(=O)c2cc(Br)cnc2N)c(C)c1. The van der Waals surface area contributed by atoms with Gasteiger partial charge in [-0.25, -0.2) is 13.4 Å². The van der Waals surface area contributed by atoms with Gasteiger partial charge in [0.1, 0.15) is 10.7 Å². The third kappa shape index (κ3) is 3.10. The minimum absolute atomic E-state index is 0.0366. The van der Waals surface area contributed by atoms with E-state index in [4.69, 9.17) is 5.73 Å². The number of nitrogens with two attached hydrogens (primary N) is 1. The summed E-state index contributed by atoms with van der Waals surface area (Å²) in [5.74, 6) is -0.0366. The first kappa shape index (κ1) is 14.8. The molecule has 0 radical (unpaired) electrons. The summed E-state index contributed by atoms with van der Waals surface area (Å²) in [6, 6.07) is 6.89. The molecular weight excluding hydrogens is 342 g/mol. The van der Waals surface area contributed by atoms with E-state index in [-0.39, 0.29) is 10.7 Å². The number of sulfonamides is 1.